The van der Waals surface area contributed by atoms with Gasteiger partial charge in [0.1, 0.15) is 0 Å². The van der Waals surface area contributed by atoms with Gasteiger partial charge >= 0.3 is 5.97 Å². The minimum absolute atomic E-state index is 0.181. The molecule has 0 saturated carbocycles. The molecule has 0 aromatic carbocycles. The van der Waals surface area contributed by atoms with Crippen molar-refractivity contribution in [1.29, 1.82) is 0 Å². The smallest absolute Gasteiger partial charge is 0.310 e. The van der Waals surface area contributed by atoms with Crippen molar-refractivity contribution in [2.45, 2.75) is 51.7 Å². The molecule has 1 unspecified atom stereocenters. The third-order valence-corrected chi connectivity index (χ3v) is 4.93. The standard InChI is InChI=1S/C16H23N3O3/c1-12-5-8-22-14(12)11-19-10-13(17-18-19)9-16(15(20)21)6-3-2-4-7-16/h2-3,10,12,14H,4-9,11H2,1H3,(H,20,21)/t12-,14-,16?/m1/s1. The Morgan fingerprint density at radius 1 is 1.55 bits per heavy atom. The van der Waals surface area contributed by atoms with Crippen LogP contribution in [0, 0.1) is 11.3 Å². The summed E-state index contributed by atoms with van der Waals surface area (Å²) in [4.78, 5) is 11.7. The van der Waals surface area contributed by atoms with E-state index in [0.717, 1.165) is 25.1 Å². The highest BCUT2D eigenvalue weighted by atomic mass is 16.5. The molecule has 1 aliphatic heterocycles. The van der Waals surface area contributed by atoms with Crippen molar-refractivity contribution in [2.75, 3.05) is 6.61 Å². The Bertz CT molecular complexity index is 569. The van der Waals surface area contributed by atoms with Gasteiger partial charge in [0.15, 0.2) is 0 Å². The first kappa shape index (κ1) is 15.2. The Morgan fingerprint density at radius 2 is 2.41 bits per heavy atom. The topological polar surface area (TPSA) is 77.2 Å². The molecule has 0 bridgehead atoms. The molecule has 1 aliphatic carbocycles. The Balaban J connectivity index is 1.68. The van der Waals surface area contributed by atoms with Gasteiger partial charge in [0.2, 0.25) is 0 Å². The Labute approximate surface area is 130 Å². The van der Waals surface area contributed by atoms with Gasteiger partial charge < -0.3 is 9.84 Å². The molecule has 6 heteroatoms. The first-order valence-electron chi connectivity index (χ1n) is 7.98. The van der Waals surface area contributed by atoms with Crippen molar-refractivity contribution in [3.05, 3.63) is 24.0 Å². The monoisotopic (exact) mass is 305 g/mol. The number of carboxylic acids is 1. The summed E-state index contributed by atoms with van der Waals surface area (Å²) in [5.74, 6) is -0.208. The first-order valence-corrected chi connectivity index (χ1v) is 7.98. The van der Waals surface area contributed by atoms with E-state index in [0.29, 0.717) is 31.7 Å². The number of hydrogen-bond acceptors (Lipinski definition) is 4. The molecule has 3 atom stereocenters. The average Bonchev–Trinajstić information content (AvgIpc) is 3.10. The zero-order valence-corrected chi connectivity index (χ0v) is 12.9. The molecule has 6 nitrogen and oxygen atoms in total. The molecule has 0 spiro atoms. The van der Waals surface area contributed by atoms with Crippen LogP contribution < -0.4 is 0 Å². The highest BCUT2D eigenvalue weighted by molar-refractivity contribution is 5.75. The Hall–Kier alpha value is -1.69. The molecule has 0 radical (unpaired) electrons. The first-order chi connectivity index (χ1) is 10.6. The van der Waals surface area contributed by atoms with E-state index in [1.165, 1.54) is 0 Å². The van der Waals surface area contributed by atoms with Gasteiger partial charge in [0.25, 0.3) is 0 Å². The van der Waals surface area contributed by atoms with Gasteiger partial charge in [-0.15, -0.1) is 5.10 Å². The summed E-state index contributed by atoms with van der Waals surface area (Å²) >= 11 is 0. The van der Waals surface area contributed by atoms with E-state index in [9.17, 15) is 9.90 Å². The summed E-state index contributed by atoms with van der Waals surface area (Å²) < 4.78 is 7.48. The predicted octanol–water partition coefficient (Wildman–Crippen LogP) is 2.06. The number of aliphatic carboxylic acids is 1. The average molecular weight is 305 g/mol. The van der Waals surface area contributed by atoms with Gasteiger partial charge in [-0.05, 0) is 31.6 Å². The number of hydrogen-bond donors (Lipinski definition) is 1. The molecule has 1 aromatic heterocycles. The lowest BCUT2D eigenvalue weighted by molar-refractivity contribution is -0.149. The lowest BCUT2D eigenvalue weighted by Crippen LogP contribution is -2.34. The minimum atomic E-state index is -0.737. The number of aromatic nitrogens is 3. The van der Waals surface area contributed by atoms with Crippen molar-refractivity contribution < 1.29 is 14.6 Å². The summed E-state index contributed by atoms with van der Waals surface area (Å²) in [7, 11) is 0. The number of carboxylic acid groups (broad SMARTS) is 1. The van der Waals surface area contributed by atoms with Crippen LogP contribution >= 0.6 is 0 Å². The third kappa shape index (κ3) is 3.06. The highest BCUT2D eigenvalue weighted by Gasteiger charge is 2.39. The highest BCUT2D eigenvalue weighted by Crippen LogP contribution is 2.36. The van der Waals surface area contributed by atoms with Crippen LogP contribution in [0.15, 0.2) is 18.3 Å². The summed E-state index contributed by atoms with van der Waals surface area (Å²) in [6.07, 6.45) is 9.64. The van der Waals surface area contributed by atoms with Crippen LogP contribution in [-0.4, -0.2) is 38.8 Å². The van der Waals surface area contributed by atoms with Crippen molar-refractivity contribution in [3.8, 4) is 0 Å². The molecule has 3 rings (SSSR count). The predicted molar refractivity (Wildman–Crippen MR) is 80.3 cm³/mol. The third-order valence-electron chi connectivity index (χ3n) is 4.93. The van der Waals surface area contributed by atoms with Crippen LogP contribution in [0.4, 0.5) is 0 Å². The largest absolute Gasteiger partial charge is 0.481 e. The lowest BCUT2D eigenvalue weighted by Gasteiger charge is -2.29. The van der Waals surface area contributed by atoms with Crippen molar-refractivity contribution in [2.24, 2.45) is 11.3 Å². The maximum atomic E-state index is 11.7. The van der Waals surface area contributed by atoms with E-state index < -0.39 is 11.4 Å². The zero-order valence-electron chi connectivity index (χ0n) is 12.9. The fourth-order valence-corrected chi connectivity index (χ4v) is 3.35. The lowest BCUT2D eigenvalue weighted by atomic mass is 9.74. The van der Waals surface area contributed by atoms with Crippen molar-refractivity contribution in [1.82, 2.24) is 15.0 Å². The second-order valence-corrected chi connectivity index (χ2v) is 6.58. The van der Waals surface area contributed by atoms with Gasteiger partial charge in [-0.1, -0.05) is 24.3 Å². The van der Waals surface area contributed by atoms with Gasteiger partial charge in [-0.25, -0.2) is 4.68 Å². The molecule has 0 amide bonds. The second kappa shape index (κ2) is 6.20. The molecule has 1 aromatic rings. The number of rotatable bonds is 5. The molecule has 1 N–H and O–H groups in total. The van der Waals surface area contributed by atoms with E-state index in [-0.39, 0.29) is 6.10 Å². The SMILES string of the molecule is C[C@@H]1CCO[C@@H]1Cn1cc(CC2(C(=O)O)CC=CCC2)nn1. The molecule has 1 fully saturated rings. The van der Waals surface area contributed by atoms with Crippen molar-refractivity contribution in [3.63, 3.8) is 0 Å². The molecule has 2 aliphatic rings. The van der Waals surface area contributed by atoms with Crippen molar-refractivity contribution >= 4 is 5.97 Å². The zero-order chi connectivity index (χ0) is 15.6. The van der Waals surface area contributed by atoms with Crippen LogP contribution in [0.1, 0.15) is 38.3 Å². The van der Waals surface area contributed by atoms with E-state index in [1.54, 1.807) is 4.68 Å². The van der Waals surface area contributed by atoms with Crippen LogP contribution in [0.25, 0.3) is 0 Å². The van der Waals surface area contributed by atoms with E-state index in [1.807, 2.05) is 12.3 Å². The summed E-state index contributed by atoms with van der Waals surface area (Å²) in [6.45, 7) is 3.68. The summed E-state index contributed by atoms with van der Waals surface area (Å²) in [6, 6.07) is 0. The van der Waals surface area contributed by atoms with Crippen LogP contribution in [-0.2, 0) is 22.5 Å². The summed E-state index contributed by atoms with van der Waals surface area (Å²) in [5, 5.41) is 17.9. The second-order valence-electron chi connectivity index (χ2n) is 6.58. The number of carbonyl (C=O) groups is 1. The molecule has 2 heterocycles. The van der Waals surface area contributed by atoms with Gasteiger partial charge in [-0.2, -0.15) is 0 Å². The number of allylic oxidation sites excluding steroid dienone is 2. The van der Waals surface area contributed by atoms with E-state index in [4.69, 9.17) is 4.74 Å². The Kier molecular flexibility index (Phi) is 4.29. The molecular weight excluding hydrogens is 282 g/mol. The van der Waals surface area contributed by atoms with E-state index in [2.05, 4.69) is 23.3 Å². The normalized spacial score (nSPS) is 31.5. The molecule has 120 valence electrons. The fraction of sp³-hybridized carbons (Fsp3) is 0.688. The minimum Gasteiger partial charge on any atom is -0.481 e. The van der Waals surface area contributed by atoms with Gasteiger partial charge in [-0.3, -0.25) is 4.79 Å². The molecule has 22 heavy (non-hydrogen) atoms. The molecule has 1 saturated heterocycles. The Morgan fingerprint density at radius 3 is 3.05 bits per heavy atom. The quantitative estimate of drug-likeness (QED) is 0.843. The maximum Gasteiger partial charge on any atom is 0.310 e. The maximum absolute atomic E-state index is 11.7. The fourth-order valence-electron chi connectivity index (χ4n) is 3.35. The van der Waals surface area contributed by atoms with Crippen LogP contribution in [0.3, 0.4) is 0 Å². The van der Waals surface area contributed by atoms with E-state index >= 15 is 0 Å². The number of ether oxygens (including phenoxy) is 1. The van der Waals surface area contributed by atoms with Gasteiger partial charge in [0.05, 0.1) is 23.8 Å². The number of nitrogens with zero attached hydrogens (tertiary/aromatic N) is 3. The molecular formula is C16H23N3O3. The van der Waals surface area contributed by atoms with Crippen LogP contribution in [0.2, 0.25) is 0 Å². The summed E-state index contributed by atoms with van der Waals surface area (Å²) in [5.41, 5.74) is 0.0237. The van der Waals surface area contributed by atoms with Crippen LogP contribution in [0.5, 0.6) is 0 Å². The van der Waals surface area contributed by atoms with Gasteiger partial charge in [0, 0.05) is 19.2 Å².